The topological polar surface area (TPSA) is 59.5 Å². The fourth-order valence-corrected chi connectivity index (χ4v) is 4.67. The van der Waals surface area contributed by atoms with Crippen molar-refractivity contribution in [1.29, 1.82) is 0 Å². The van der Waals surface area contributed by atoms with Gasteiger partial charge in [0, 0.05) is 35.9 Å². The zero-order valence-corrected chi connectivity index (χ0v) is 16.0. The van der Waals surface area contributed by atoms with Crippen LogP contribution in [0.25, 0.3) is 0 Å². The maximum absolute atomic E-state index is 14.4. The smallest absolute Gasteiger partial charge is 0.268 e. The van der Waals surface area contributed by atoms with Crippen LogP contribution >= 0.6 is 11.8 Å². The molecule has 2 fully saturated rings. The number of rotatable bonds is 5. The van der Waals surface area contributed by atoms with Crippen LogP contribution in [0, 0.1) is 5.82 Å². The van der Waals surface area contributed by atoms with Crippen LogP contribution in [0.5, 0.6) is 5.75 Å². The Kier molecular flexibility index (Phi) is 4.34. The molecule has 0 spiro atoms. The lowest BCUT2D eigenvalue weighted by atomic mass is 10.1. The van der Waals surface area contributed by atoms with Crippen molar-refractivity contribution in [3.8, 4) is 5.75 Å². The van der Waals surface area contributed by atoms with E-state index in [9.17, 15) is 14.0 Å². The summed E-state index contributed by atoms with van der Waals surface area (Å²) in [6.45, 7) is 0.430. The molecule has 5 rings (SSSR count). The van der Waals surface area contributed by atoms with Crippen molar-refractivity contribution in [3.05, 3.63) is 47.4 Å². The Morgan fingerprint density at radius 3 is 2.75 bits per heavy atom. The van der Waals surface area contributed by atoms with Gasteiger partial charge in [-0.1, -0.05) is 0 Å². The summed E-state index contributed by atoms with van der Waals surface area (Å²) < 4.78 is 20.2. The van der Waals surface area contributed by atoms with Gasteiger partial charge in [0.05, 0.1) is 11.2 Å². The maximum atomic E-state index is 14.4. The van der Waals surface area contributed by atoms with Crippen molar-refractivity contribution >= 4 is 29.1 Å². The van der Waals surface area contributed by atoms with Crippen molar-refractivity contribution in [2.75, 3.05) is 11.4 Å². The van der Waals surface area contributed by atoms with Crippen LogP contribution < -0.4 is 9.64 Å². The lowest BCUT2D eigenvalue weighted by molar-refractivity contribution is -0.122. The number of carbonyl (C=O) groups excluding carboxylic acids is 2. The summed E-state index contributed by atoms with van der Waals surface area (Å²) in [6.07, 6.45) is 4.77. The fourth-order valence-electron chi connectivity index (χ4n) is 3.70. The van der Waals surface area contributed by atoms with E-state index < -0.39 is 11.9 Å². The lowest BCUT2D eigenvalue weighted by Crippen LogP contribution is -2.32. The van der Waals surface area contributed by atoms with Crippen LogP contribution in [0.4, 0.5) is 10.1 Å². The molecule has 1 amide bonds. The van der Waals surface area contributed by atoms with Crippen LogP contribution in [0.15, 0.2) is 35.5 Å². The Morgan fingerprint density at radius 2 is 2.00 bits per heavy atom. The molecule has 0 N–H and O–H groups in total. The number of ketones is 1. The van der Waals surface area contributed by atoms with E-state index in [1.54, 1.807) is 24.0 Å². The average molecular weight is 398 g/mol. The number of hydrogen-bond acceptors (Lipinski definition) is 5. The third-order valence-corrected chi connectivity index (χ3v) is 6.64. The van der Waals surface area contributed by atoms with E-state index in [1.807, 2.05) is 12.1 Å². The van der Waals surface area contributed by atoms with E-state index >= 15 is 0 Å². The standard InChI is InChI=1S/C21H19FN2O3S/c22-17-10-12(9-16-15(17)4-5-18(16)25)24-8-7-19(21(24)26)27-13-1-6-20(23-11-13)28-14-2-3-14/h1,6,9-11,14,19H,2-5,7-8H2/t19-/m1/s1. The average Bonchev–Trinajstić information content (AvgIpc) is 3.32. The minimum atomic E-state index is -0.629. The SMILES string of the molecule is O=C1CCc2c(F)cc(N3CC[C@@H](Oc4ccc(SC5CC5)nc4)C3=O)cc21. The molecule has 2 aromatic rings. The number of halogens is 1. The number of hydrogen-bond donors (Lipinski definition) is 0. The molecule has 1 atom stereocenters. The van der Waals surface area contributed by atoms with Gasteiger partial charge in [-0.05, 0) is 49.1 Å². The van der Waals surface area contributed by atoms with E-state index in [0.29, 0.717) is 53.6 Å². The molecule has 0 bridgehead atoms. The second-order valence-electron chi connectivity index (χ2n) is 7.41. The highest BCUT2D eigenvalue weighted by molar-refractivity contribution is 8.00. The molecule has 2 aliphatic carbocycles. The van der Waals surface area contributed by atoms with Crippen LogP contribution in [-0.2, 0) is 11.2 Å². The molecule has 5 nitrogen and oxygen atoms in total. The Labute approximate surface area is 166 Å². The predicted molar refractivity (Wildman–Crippen MR) is 104 cm³/mol. The minimum Gasteiger partial charge on any atom is -0.479 e. The summed E-state index contributed by atoms with van der Waals surface area (Å²) in [5.41, 5.74) is 1.29. The van der Waals surface area contributed by atoms with Crippen molar-refractivity contribution in [1.82, 2.24) is 4.98 Å². The van der Waals surface area contributed by atoms with E-state index in [0.717, 1.165) is 5.03 Å². The summed E-state index contributed by atoms with van der Waals surface area (Å²) >= 11 is 1.77. The Morgan fingerprint density at radius 1 is 1.14 bits per heavy atom. The lowest BCUT2D eigenvalue weighted by Gasteiger charge is -2.18. The second-order valence-corrected chi connectivity index (χ2v) is 8.73. The normalized spacial score (nSPS) is 21.3. The first-order valence-corrected chi connectivity index (χ1v) is 10.4. The fraction of sp³-hybridized carbons (Fsp3) is 0.381. The third kappa shape index (κ3) is 3.28. The number of thioether (sulfide) groups is 1. The molecular formula is C21H19FN2O3S. The predicted octanol–water partition coefficient (Wildman–Crippen LogP) is 3.79. The molecule has 1 aromatic carbocycles. The van der Waals surface area contributed by atoms with Gasteiger partial charge in [-0.15, -0.1) is 11.8 Å². The highest BCUT2D eigenvalue weighted by atomic mass is 32.2. The van der Waals surface area contributed by atoms with Gasteiger partial charge < -0.3 is 9.64 Å². The number of anilines is 1. The number of pyridine rings is 1. The first kappa shape index (κ1) is 17.7. The maximum Gasteiger partial charge on any atom is 0.268 e. The number of ether oxygens (including phenoxy) is 1. The van der Waals surface area contributed by atoms with Gasteiger partial charge in [0.25, 0.3) is 5.91 Å². The van der Waals surface area contributed by atoms with Gasteiger partial charge in [0.2, 0.25) is 0 Å². The van der Waals surface area contributed by atoms with Gasteiger partial charge in [0.15, 0.2) is 11.9 Å². The minimum absolute atomic E-state index is 0.0644. The number of Topliss-reactive ketones (excluding diaryl/α,β-unsaturated/α-hetero) is 1. The van der Waals surface area contributed by atoms with Crippen molar-refractivity contribution in [2.24, 2.45) is 0 Å². The van der Waals surface area contributed by atoms with Gasteiger partial charge in [-0.2, -0.15) is 0 Å². The quantitative estimate of drug-likeness (QED) is 0.767. The molecule has 1 saturated carbocycles. The second kappa shape index (κ2) is 6.88. The molecule has 28 heavy (non-hydrogen) atoms. The summed E-state index contributed by atoms with van der Waals surface area (Å²) in [6, 6.07) is 6.74. The van der Waals surface area contributed by atoms with E-state index in [4.69, 9.17) is 4.74 Å². The number of fused-ring (bicyclic) bond motifs is 1. The van der Waals surface area contributed by atoms with Gasteiger partial charge in [-0.25, -0.2) is 9.37 Å². The summed E-state index contributed by atoms with van der Waals surface area (Å²) in [4.78, 5) is 30.7. The largest absolute Gasteiger partial charge is 0.479 e. The summed E-state index contributed by atoms with van der Waals surface area (Å²) in [5, 5.41) is 1.65. The third-order valence-electron chi connectivity index (χ3n) is 5.35. The monoisotopic (exact) mass is 398 g/mol. The Balaban J connectivity index is 1.29. The molecule has 1 saturated heterocycles. The molecule has 0 unspecified atom stereocenters. The van der Waals surface area contributed by atoms with Crippen LogP contribution in [0.3, 0.4) is 0 Å². The Hall–Kier alpha value is -2.41. The van der Waals surface area contributed by atoms with Crippen molar-refractivity contribution in [2.45, 2.75) is 48.5 Å². The van der Waals surface area contributed by atoms with Crippen LogP contribution in [-0.4, -0.2) is 34.6 Å². The molecule has 144 valence electrons. The zero-order chi connectivity index (χ0) is 19.3. The number of aromatic nitrogens is 1. The first-order valence-electron chi connectivity index (χ1n) is 9.55. The van der Waals surface area contributed by atoms with E-state index in [2.05, 4.69) is 4.98 Å². The number of carbonyl (C=O) groups is 2. The van der Waals surface area contributed by atoms with Crippen LogP contribution in [0.1, 0.15) is 41.6 Å². The van der Waals surface area contributed by atoms with Crippen molar-refractivity contribution in [3.63, 3.8) is 0 Å². The van der Waals surface area contributed by atoms with Crippen LogP contribution in [0.2, 0.25) is 0 Å². The van der Waals surface area contributed by atoms with Gasteiger partial charge >= 0.3 is 0 Å². The van der Waals surface area contributed by atoms with E-state index in [1.165, 1.54) is 23.8 Å². The van der Waals surface area contributed by atoms with E-state index in [-0.39, 0.29) is 11.7 Å². The Bertz CT molecular complexity index is 959. The summed E-state index contributed by atoms with van der Waals surface area (Å²) in [7, 11) is 0. The molecule has 1 aromatic heterocycles. The summed E-state index contributed by atoms with van der Waals surface area (Å²) in [5.74, 6) is -0.147. The molecular weight excluding hydrogens is 379 g/mol. The zero-order valence-electron chi connectivity index (χ0n) is 15.2. The number of benzene rings is 1. The van der Waals surface area contributed by atoms with Gasteiger partial charge in [-0.3, -0.25) is 9.59 Å². The van der Waals surface area contributed by atoms with Gasteiger partial charge in [0.1, 0.15) is 11.6 Å². The molecule has 1 aliphatic heterocycles. The number of amides is 1. The highest BCUT2D eigenvalue weighted by Crippen LogP contribution is 2.38. The number of nitrogens with zero attached hydrogens (tertiary/aromatic N) is 2. The first-order chi connectivity index (χ1) is 13.6. The molecule has 3 aliphatic rings. The highest BCUT2D eigenvalue weighted by Gasteiger charge is 2.36. The molecule has 0 radical (unpaired) electrons. The molecule has 2 heterocycles. The molecule has 7 heteroatoms. The van der Waals surface area contributed by atoms with Crippen molar-refractivity contribution < 1.29 is 18.7 Å².